The van der Waals surface area contributed by atoms with E-state index in [-0.39, 0.29) is 13.5 Å². The number of rotatable bonds is 0. The fourth-order valence-electron chi connectivity index (χ4n) is 1.12. The van der Waals surface area contributed by atoms with Gasteiger partial charge in [-0.15, -0.1) is 0 Å². The van der Waals surface area contributed by atoms with E-state index in [0.29, 0.717) is 0 Å². The molecule has 2 atom stereocenters. The van der Waals surface area contributed by atoms with Crippen LogP contribution in [-0.4, -0.2) is 12.1 Å². The molecule has 0 aliphatic heterocycles. The fourth-order valence-corrected chi connectivity index (χ4v) is 1.12. The molecule has 0 unspecified atom stereocenters. The Bertz CT molecular complexity index is 134. The van der Waals surface area contributed by atoms with E-state index in [1.54, 1.807) is 0 Å². The number of hydrogen-bond acceptors (Lipinski definition) is 2. The molecule has 0 aromatic heterocycles. The lowest BCUT2D eigenvalue weighted by Gasteiger charge is -2.23. The summed E-state index contributed by atoms with van der Waals surface area (Å²) in [4.78, 5) is 0. The summed E-state index contributed by atoms with van der Waals surface area (Å²) >= 11 is 0. The summed E-state index contributed by atoms with van der Waals surface area (Å²) in [6.07, 6.45) is 4.10. The standard InChI is InChI=1S/C7H14N2.H2/c1-5-2-3-6(8)7(9)4-5;/h2,6-7H,3-4,8-9H2,1H3;1H/t6-,7-;/m0./s1. The highest BCUT2D eigenvalue weighted by Gasteiger charge is 2.16. The number of hydrogen-bond donors (Lipinski definition) is 2. The topological polar surface area (TPSA) is 52.0 Å². The van der Waals surface area contributed by atoms with Crippen LogP contribution in [0.5, 0.6) is 0 Å². The Balaban J connectivity index is 0.000000810. The molecule has 0 spiro atoms. The van der Waals surface area contributed by atoms with Crippen LogP contribution in [0.4, 0.5) is 0 Å². The van der Waals surface area contributed by atoms with Crippen molar-refractivity contribution in [3.8, 4) is 0 Å². The SMILES string of the molecule is CC1=CC[C@H](N)[C@@H](N)C1.[HH]. The second kappa shape index (κ2) is 2.50. The van der Waals surface area contributed by atoms with Crippen LogP contribution in [0.2, 0.25) is 0 Å². The molecule has 2 heteroatoms. The van der Waals surface area contributed by atoms with Crippen LogP contribution in [0.3, 0.4) is 0 Å². The first kappa shape index (κ1) is 6.78. The predicted octanol–water partition coefficient (Wildman–Crippen LogP) is 0.627. The Hall–Kier alpha value is -0.340. The summed E-state index contributed by atoms with van der Waals surface area (Å²) in [6, 6.07) is 0.378. The first-order chi connectivity index (χ1) is 4.20. The second-order valence-corrected chi connectivity index (χ2v) is 2.82. The molecule has 0 fully saturated rings. The van der Waals surface area contributed by atoms with Crippen molar-refractivity contribution in [2.75, 3.05) is 0 Å². The minimum Gasteiger partial charge on any atom is -0.326 e. The van der Waals surface area contributed by atoms with Crippen molar-refractivity contribution in [1.29, 1.82) is 0 Å². The highest BCUT2D eigenvalue weighted by molar-refractivity contribution is 5.08. The van der Waals surface area contributed by atoms with Crippen LogP contribution in [0.15, 0.2) is 11.6 Å². The van der Waals surface area contributed by atoms with E-state index in [0.717, 1.165) is 12.8 Å². The molecule has 0 saturated carbocycles. The maximum Gasteiger partial charge on any atom is 0.0232 e. The third kappa shape index (κ3) is 1.53. The van der Waals surface area contributed by atoms with Gasteiger partial charge in [-0.2, -0.15) is 0 Å². The average molecular weight is 128 g/mol. The number of nitrogens with two attached hydrogens (primary N) is 2. The van der Waals surface area contributed by atoms with Gasteiger partial charge in [0.2, 0.25) is 0 Å². The lowest BCUT2D eigenvalue weighted by atomic mass is 9.93. The van der Waals surface area contributed by atoms with E-state index in [2.05, 4.69) is 13.0 Å². The van der Waals surface area contributed by atoms with Gasteiger partial charge in [0.05, 0.1) is 0 Å². The summed E-state index contributed by atoms with van der Waals surface area (Å²) in [7, 11) is 0. The minimum atomic E-state index is 0. The molecule has 0 aromatic carbocycles. The second-order valence-electron chi connectivity index (χ2n) is 2.82. The molecular weight excluding hydrogens is 112 g/mol. The van der Waals surface area contributed by atoms with Crippen LogP contribution in [-0.2, 0) is 0 Å². The summed E-state index contributed by atoms with van der Waals surface area (Å²) in [5.41, 5.74) is 12.8. The van der Waals surface area contributed by atoms with Gasteiger partial charge in [0.1, 0.15) is 0 Å². The monoisotopic (exact) mass is 128 g/mol. The van der Waals surface area contributed by atoms with Crippen LogP contribution in [0.1, 0.15) is 21.2 Å². The van der Waals surface area contributed by atoms with E-state index in [4.69, 9.17) is 11.5 Å². The van der Waals surface area contributed by atoms with Gasteiger partial charge in [-0.25, -0.2) is 0 Å². The molecule has 9 heavy (non-hydrogen) atoms. The zero-order valence-corrected chi connectivity index (χ0v) is 5.80. The third-order valence-corrected chi connectivity index (χ3v) is 1.85. The first-order valence-corrected chi connectivity index (χ1v) is 3.37. The quantitative estimate of drug-likeness (QED) is 0.470. The van der Waals surface area contributed by atoms with Crippen molar-refractivity contribution >= 4 is 0 Å². The van der Waals surface area contributed by atoms with Crippen molar-refractivity contribution in [3.63, 3.8) is 0 Å². The zero-order chi connectivity index (χ0) is 6.85. The highest BCUT2D eigenvalue weighted by Crippen LogP contribution is 2.14. The average Bonchev–Trinajstić information content (AvgIpc) is 1.80. The van der Waals surface area contributed by atoms with Gasteiger partial charge in [-0.05, 0) is 19.8 Å². The molecule has 0 aromatic rings. The highest BCUT2D eigenvalue weighted by atomic mass is 14.8. The third-order valence-electron chi connectivity index (χ3n) is 1.85. The maximum absolute atomic E-state index is 5.70. The Kier molecular flexibility index (Phi) is 1.88. The fraction of sp³-hybridized carbons (Fsp3) is 0.714. The Morgan fingerprint density at radius 2 is 2.22 bits per heavy atom. The molecule has 0 saturated heterocycles. The van der Waals surface area contributed by atoms with Gasteiger partial charge in [0, 0.05) is 13.5 Å². The maximum atomic E-state index is 5.70. The van der Waals surface area contributed by atoms with Gasteiger partial charge in [0.15, 0.2) is 0 Å². The smallest absolute Gasteiger partial charge is 0.0232 e. The summed E-state index contributed by atoms with van der Waals surface area (Å²) in [5.74, 6) is 0. The van der Waals surface area contributed by atoms with Gasteiger partial charge >= 0.3 is 0 Å². The van der Waals surface area contributed by atoms with E-state index >= 15 is 0 Å². The Morgan fingerprint density at radius 3 is 2.67 bits per heavy atom. The summed E-state index contributed by atoms with van der Waals surface area (Å²) < 4.78 is 0. The Morgan fingerprint density at radius 1 is 1.56 bits per heavy atom. The summed E-state index contributed by atoms with van der Waals surface area (Å²) in [6.45, 7) is 2.10. The van der Waals surface area contributed by atoms with Crippen molar-refractivity contribution in [2.24, 2.45) is 11.5 Å². The molecule has 54 valence electrons. The van der Waals surface area contributed by atoms with Crippen molar-refractivity contribution in [2.45, 2.75) is 31.8 Å². The molecule has 1 aliphatic rings. The predicted molar refractivity (Wildman–Crippen MR) is 41.1 cm³/mol. The van der Waals surface area contributed by atoms with E-state index in [1.165, 1.54) is 5.57 Å². The van der Waals surface area contributed by atoms with Crippen LogP contribution >= 0.6 is 0 Å². The molecule has 1 rings (SSSR count). The minimum absolute atomic E-state index is 0. The largest absolute Gasteiger partial charge is 0.326 e. The van der Waals surface area contributed by atoms with Gasteiger partial charge in [-0.1, -0.05) is 11.6 Å². The molecule has 0 radical (unpaired) electrons. The molecule has 4 N–H and O–H groups in total. The van der Waals surface area contributed by atoms with Crippen LogP contribution in [0, 0.1) is 0 Å². The van der Waals surface area contributed by atoms with E-state index in [1.807, 2.05) is 0 Å². The van der Waals surface area contributed by atoms with Crippen LogP contribution in [0.25, 0.3) is 0 Å². The van der Waals surface area contributed by atoms with Gasteiger partial charge in [0.25, 0.3) is 0 Å². The summed E-state index contributed by atoms with van der Waals surface area (Å²) in [5, 5.41) is 0. The van der Waals surface area contributed by atoms with Crippen LogP contribution < -0.4 is 11.5 Å². The molecule has 0 heterocycles. The molecule has 2 nitrogen and oxygen atoms in total. The lowest BCUT2D eigenvalue weighted by molar-refractivity contribution is 0.502. The zero-order valence-electron chi connectivity index (χ0n) is 5.80. The Labute approximate surface area is 57.4 Å². The van der Waals surface area contributed by atoms with Crippen molar-refractivity contribution < 1.29 is 1.43 Å². The van der Waals surface area contributed by atoms with Crippen molar-refractivity contribution in [1.82, 2.24) is 0 Å². The molecule has 1 aliphatic carbocycles. The molecular formula is C7H16N2. The van der Waals surface area contributed by atoms with Gasteiger partial charge < -0.3 is 11.5 Å². The normalized spacial score (nSPS) is 36.1. The van der Waals surface area contributed by atoms with Gasteiger partial charge in [-0.3, -0.25) is 0 Å². The molecule has 0 bridgehead atoms. The van der Waals surface area contributed by atoms with Crippen molar-refractivity contribution in [3.05, 3.63) is 11.6 Å². The molecule has 0 amide bonds. The first-order valence-electron chi connectivity index (χ1n) is 3.37. The lowest BCUT2D eigenvalue weighted by Crippen LogP contribution is -2.42. The van der Waals surface area contributed by atoms with E-state index < -0.39 is 0 Å². The van der Waals surface area contributed by atoms with E-state index in [9.17, 15) is 0 Å².